The molecule has 2 aromatic rings. The zero-order valence-electron chi connectivity index (χ0n) is 16.6. The fourth-order valence-electron chi connectivity index (χ4n) is 3.45. The standard InChI is InChI=1S/C22H25NO5/c1-13(2)10-17(24)19-20(18-9-8-14(3)28-18)23(22(26)21(19)25)12-15-6-5-7-16(11-15)27-4/h5-9,11,13,20,25H,10,12H2,1-4H3. The molecule has 1 aliphatic heterocycles. The molecule has 3 rings (SSSR count). The van der Waals surface area contributed by atoms with Crippen molar-refractivity contribution in [3.63, 3.8) is 0 Å². The van der Waals surface area contributed by atoms with E-state index in [4.69, 9.17) is 9.15 Å². The predicted octanol–water partition coefficient (Wildman–Crippen LogP) is 4.11. The van der Waals surface area contributed by atoms with Gasteiger partial charge in [0.2, 0.25) is 0 Å². The van der Waals surface area contributed by atoms with Crippen molar-refractivity contribution >= 4 is 11.7 Å². The van der Waals surface area contributed by atoms with Crippen LogP contribution in [0, 0.1) is 12.8 Å². The van der Waals surface area contributed by atoms with Gasteiger partial charge in [0.25, 0.3) is 5.91 Å². The molecule has 1 atom stereocenters. The van der Waals surface area contributed by atoms with Crippen molar-refractivity contribution in [2.75, 3.05) is 7.11 Å². The molecule has 1 amide bonds. The lowest BCUT2D eigenvalue weighted by atomic mass is 9.95. The van der Waals surface area contributed by atoms with Crippen molar-refractivity contribution in [2.45, 2.75) is 39.8 Å². The first-order chi connectivity index (χ1) is 13.3. The lowest BCUT2D eigenvalue weighted by molar-refractivity contribution is -0.130. The first-order valence-corrected chi connectivity index (χ1v) is 9.28. The van der Waals surface area contributed by atoms with E-state index in [0.717, 1.165) is 5.56 Å². The Bertz CT molecular complexity index is 925. The summed E-state index contributed by atoms with van der Waals surface area (Å²) < 4.78 is 11.0. The lowest BCUT2D eigenvalue weighted by Crippen LogP contribution is -2.30. The van der Waals surface area contributed by atoms with Crippen LogP contribution in [0.15, 0.2) is 52.1 Å². The average Bonchev–Trinajstić information content (AvgIpc) is 3.17. The Balaban J connectivity index is 2.01. The summed E-state index contributed by atoms with van der Waals surface area (Å²) in [7, 11) is 1.57. The van der Waals surface area contributed by atoms with Gasteiger partial charge in [-0.25, -0.2) is 0 Å². The van der Waals surface area contributed by atoms with Crippen LogP contribution in [0.5, 0.6) is 5.75 Å². The van der Waals surface area contributed by atoms with Crippen molar-refractivity contribution < 1.29 is 23.8 Å². The minimum Gasteiger partial charge on any atom is -0.503 e. The van der Waals surface area contributed by atoms with E-state index in [1.54, 1.807) is 26.2 Å². The van der Waals surface area contributed by atoms with Gasteiger partial charge in [-0.2, -0.15) is 0 Å². The van der Waals surface area contributed by atoms with Crippen molar-refractivity contribution in [3.8, 4) is 5.75 Å². The topological polar surface area (TPSA) is 80.0 Å². The zero-order valence-corrected chi connectivity index (χ0v) is 16.6. The number of hydrogen-bond donors (Lipinski definition) is 1. The third-order valence-electron chi connectivity index (χ3n) is 4.72. The molecule has 28 heavy (non-hydrogen) atoms. The summed E-state index contributed by atoms with van der Waals surface area (Å²) in [5, 5.41) is 10.5. The maximum Gasteiger partial charge on any atom is 0.290 e. The normalized spacial score (nSPS) is 17.0. The van der Waals surface area contributed by atoms with Gasteiger partial charge in [0, 0.05) is 13.0 Å². The average molecular weight is 383 g/mol. The fraction of sp³-hybridized carbons (Fsp3) is 0.364. The summed E-state index contributed by atoms with van der Waals surface area (Å²) in [4.78, 5) is 27.2. The van der Waals surface area contributed by atoms with Gasteiger partial charge in [-0.3, -0.25) is 9.59 Å². The molecule has 0 saturated carbocycles. The summed E-state index contributed by atoms with van der Waals surface area (Å²) >= 11 is 0. The minimum atomic E-state index is -0.751. The molecular formula is C22H25NO5. The van der Waals surface area contributed by atoms with Crippen LogP contribution in [-0.2, 0) is 16.1 Å². The molecule has 0 aliphatic carbocycles. The number of benzene rings is 1. The molecule has 148 valence electrons. The molecule has 1 aliphatic rings. The molecule has 0 saturated heterocycles. The van der Waals surface area contributed by atoms with Gasteiger partial charge >= 0.3 is 0 Å². The molecule has 2 heterocycles. The van der Waals surface area contributed by atoms with Gasteiger partial charge in [0.15, 0.2) is 11.5 Å². The van der Waals surface area contributed by atoms with Gasteiger partial charge in [-0.15, -0.1) is 0 Å². The summed E-state index contributed by atoms with van der Waals surface area (Å²) in [6, 6.07) is 10.1. The number of rotatable bonds is 7. The predicted molar refractivity (Wildman–Crippen MR) is 104 cm³/mol. The monoisotopic (exact) mass is 383 g/mol. The SMILES string of the molecule is COc1cccc(CN2C(=O)C(O)=C(C(=O)CC(C)C)C2c2ccc(C)o2)c1. The number of carbonyl (C=O) groups excluding carboxylic acids is 2. The molecule has 1 N–H and O–H groups in total. The molecule has 1 aromatic heterocycles. The number of ether oxygens (including phenoxy) is 1. The maximum absolute atomic E-state index is 12.8. The van der Waals surface area contributed by atoms with Crippen LogP contribution in [0.1, 0.15) is 43.4 Å². The molecule has 1 unspecified atom stereocenters. The highest BCUT2D eigenvalue weighted by molar-refractivity contribution is 6.08. The van der Waals surface area contributed by atoms with Crippen molar-refractivity contribution in [2.24, 2.45) is 5.92 Å². The van der Waals surface area contributed by atoms with Crippen LogP contribution in [0.3, 0.4) is 0 Å². The summed E-state index contributed by atoms with van der Waals surface area (Å²) in [6.45, 7) is 5.85. The number of methoxy groups -OCH3 is 1. The number of nitrogens with zero attached hydrogens (tertiary/aromatic N) is 1. The molecule has 6 heteroatoms. The van der Waals surface area contributed by atoms with E-state index in [2.05, 4.69) is 0 Å². The van der Waals surface area contributed by atoms with E-state index in [1.165, 1.54) is 4.90 Å². The molecule has 6 nitrogen and oxygen atoms in total. The Morgan fingerprint density at radius 3 is 2.64 bits per heavy atom. The van der Waals surface area contributed by atoms with Gasteiger partial charge in [0.05, 0.1) is 12.7 Å². The number of aliphatic hydroxyl groups excluding tert-OH is 1. The minimum absolute atomic E-state index is 0.106. The Hall–Kier alpha value is -3.02. The highest BCUT2D eigenvalue weighted by atomic mass is 16.5. The second kappa shape index (κ2) is 7.92. The van der Waals surface area contributed by atoms with Crippen LogP contribution in [0.25, 0.3) is 0 Å². The second-order valence-electron chi connectivity index (χ2n) is 7.42. The third-order valence-corrected chi connectivity index (χ3v) is 4.72. The number of aliphatic hydroxyl groups is 1. The second-order valence-corrected chi connectivity index (χ2v) is 7.42. The number of furan rings is 1. The largest absolute Gasteiger partial charge is 0.503 e. The van der Waals surface area contributed by atoms with Crippen LogP contribution in [0.2, 0.25) is 0 Å². The summed E-state index contributed by atoms with van der Waals surface area (Å²) in [5.41, 5.74) is 0.933. The summed E-state index contributed by atoms with van der Waals surface area (Å²) in [5.74, 6) is 0.600. The Morgan fingerprint density at radius 1 is 1.29 bits per heavy atom. The Morgan fingerprint density at radius 2 is 2.04 bits per heavy atom. The zero-order chi connectivity index (χ0) is 20.4. The molecular weight excluding hydrogens is 358 g/mol. The molecule has 0 radical (unpaired) electrons. The van der Waals surface area contributed by atoms with Crippen molar-refractivity contribution in [1.29, 1.82) is 0 Å². The van der Waals surface area contributed by atoms with Crippen molar-refractivity contribution in [3.05, 3.63) is 64.8 Å². The number of hydrogen-bond acceptors (Lipinski definition) is 5. The Kier molecular flexibility index (Phi) is 5.58. The number of aryl methyl sites for hydroxylation is 1. The van der Waals surface area contributed by atoms with Gasteiger partial charge in [-0.1, -0.05) is 26.0 Å². The van der Waals surface area contributed by atoms with E-state index < -0.39 is 17.7 Å². The van der Waals surface area contributed by atoms with Crippen molar-refractivity contribution in [1.82, 2.24) is 4.90 Å². The molecule has 0 fully saturated rings. The first kappa shape index (κ1) is 19.7. The molecule has 0 spiro atoms. The smallest absolute Gasteiger partial charge is 0.290 e. The van der Waals surface area contributed by atoms with Crippen LogP contribution >= 0.6 is 0 Å². The molecule has 1 aromatic carbocycles. The lowest BCUT2D eigenvalue weighted by Gasteiger charge is -2.25. The third kappa shape index (κ3) is 3.81. The highest BCUT2D eigenvalue weighted by Gasteiger charge is 2.44. The van der Waals surface area contributed by atoms with Gasteiger partial charge in [0.1, 0.15) is 23.3 Å². The van der Waals surface area contributed by atoms with Gasteiger partial charge in [-0.05, 0) is 42.7 Å². The number of amides is 1. The Labute approximate surface area is 164 Å². The van der Waals surface area contributed by atoms with Crippen LogP contribution in [-0.4, -0.2) is 28.8 Å². The highest BCUT2D eigenvalue weighted by Crippen LogP contribution is 2.40. The fourth-order valence-corrected chi connectivity index (χ4v) is 3.45. The van der Waals surface area contributed by atoms with E-state index in [1.807, 2.05) is 38.1 Å². The van der Waals surface area contributed by atoms with E-state index in [9.17, 15) is 14.7 Å². The number of Topliss-reactive ketones (excluding diaryl/α,β-unsaturated/α-hetero) is 1. The van der Waals surface area contributed by atoms with E-state index in [0.29, 0.717) is 17.3 Å². The van der Waals surface area contributed by atoms with Crippen LogP contribution in [0.4, 0.5) is 0 Å². The first-order valence-electron chi connectivity index (χ1n) is 9.28. The van der Waals surface area contributed by atoms with E-state index >= 15 is 0 Å². The number of ketones is 1. The summed E-state index contributed by atoms with van der Waals surface area (Å²) in [6.07, 6.45) is 0.246. The number of carbonyl (C=O) groups is 2. The molecule has 0 bridgehead atoms. The maximum atomic E-state index is 12.8. The van der Waals surface area contributed by atoms with E-state index in [-0.39, 0.29) is 30.2 Å². The quantitative estimate of drug-likeness (QED) is 0.778. The van der Waals surface area contributed by atoms with Crippen LogP contribution < -0.4 is 4.74 Å². The van der Waals surface area contributed by atoms with Gasteiger partial charge < -0.3 is 19.2 Å².